The summed E-state index contributed by atoms with van der Waals surface area (Å²) in [5, 5.41) is 3.83. The van der Waals surface area contributed by atoms with Crippen molar-refractivity contribution < 1.29 is 9.53 Å². The first kappa shape index (κ1) is 19.1. The van der Waals surface area contributed by atoms with Crippen molar-refractivity contribution in [2.24, 2.45) is 0 Å². The molecule has 1 fully saturated rings. The van der Waals surface area contributed by atoms with Crippen LogP contribution in [0.2, 0.25) is 0 Å². The average Bonchev–Trinajstić information content (AvgIpc) is 3.34. The lowest BCUT2D eigenvalue weighted by Crippen LogP contribution is -2.36. The summed E-state index contributed by atoms with van der Waals surface area (Å²) in [7, 11) is 0. The molecule has 29 heavy (non-hydrogen) atoms. The number of carbonyl (C=O) groups is 1. The van der Waals surface area contributed by atoms with Crippen molar-refractivity contribution in [3.05, 3.63) is 78.5 Å². The summed E-state index contributed by atoms with van der Waals surface area (Å²) in [6.45, 7) is 2.17. The average molecular weight is 407 g/mol. The lowest BCUT2D eigenvalue weighted by Gasteiger charge is -2.28. The van der Waals surface area contributed by atoms with E-state index in [0.29, 0.717) is 11.7 Å². The number of thiocarbonyl (C=S) groups is 1. The summed E-state index contributed by atoms with van der Waals surface area (Å²) in [6, 6.07) is 15.0. The van der Waals surface area contributed by atoms with Gasteiger partial charge in [-0.25, -0.2) is 4.98 Å². The molecule has 3 aromatic heterocycles. The van der Waals surface area contributed by atoms with Crippen LogP contribution < -0.4 is 5.32 Å². The maximum absolute atomic E-state index is 12.3. The molecule has 0 spiro atoms. The number of aromatic nitrogens is 3. The Morgan fingerprint density at radius 1 is 1.14 bits per heavy atom. The first-order valence-corrected chi connectivity index (χ1v) is 9.82. The van der Waals surface area contributed by atoms with E-state index >= 15 is 0 Å². The minimum absolute atomic E-state index is 0.0566. The van der Waals surface area contributed by atoms with Crippen LogP contribution in [0.1, 0.15) is 30.4 Å². The second-order valence-electron chi connectivity index (χ2n) is 6.55. The highest BCUT2D eigenvalue weighted by atomic mass is 32.1. The summed E-state index contributed by atoms with van der Waals surface area (Å²) in [5.41, 5.74) is 1.80. The van der Waals surface area contributed by atoms with E-state index in [2.05, 4.69) is 15.3 Å². The molecular weight excluding hydrogens is 386 g/mol. The Hall–Kier alpha value is -3.26. The van der Waals surface area contributed by atoms with Crippen LogP contribution in [0.25, 0.3) is 5.82 Å². The van der Waals surface area contributed by atoms with Gasteiger partial charge in [0.1, 0.15) is 12.4 Å². The Bertz CT molecular complexity index is 993. The van der Waals surface area contributed by atoms with Gasteiger partial charge in [-0.3, -0.25) is 9.78 Å². The number of esters is 1. The standard InChI is InChI=1S/C21H21N5O2S/c1-2-28-18(27)14-26-20(19(24-21(26)29)15-8-3-5-11-22-15)16-9-7-13-25(16)17-10-4-6-12-23-17/h3-13,19-20H,2,14H2,1H3,(H,24,29)/t19-,20-/m1/s1. The fourth-order valence-electron chi connectivity index (χ4n) is 3.58. The van der Waals surface area contributed by atoms with Crippen molar-refractivity contribution in [3.8, 4) is 5.82 Å². The van der Waals surface area contributed by atoms with Crippen LogP contribution in [-0.2, 0) is 9.53 Å². The lowest BCUT2D eigenvalue weighted by molar-refractivity contribution is -0.143. The lowest BCUT2D eigenvalue weighted by atomic mass is 10.0. The molecule has 4 heterocycles. The van der Waals surface area contributed by atoms with Crippen LogP contribution in [0, 0.1) is 0 Å². The number of pyridine rings is 2. The number of carbonyl (C=O) groups excluding carboxylic acids is 1. The zero-order chi connectivity index (χ0) is 20.2. The topological polar surface area (TPSA) is 72.3 Å². The highest BCUT2D eigenvalue weighted by Crippen LogP contribution is 2.39. The number of hydrogen-bond donors (Lipinski definition) is 1. The first-order chi connectivity index (χ1) is 14.2. The van der Waals surface area contributed by atoms with Gasteiger partial charge in [-0.1, -0.05) is 12.1 Å². The highest BCUT2D eigenvalue weighted by molar-refractivity contribution is 7.80. The number of hydrogen-bond acceptors (Lipinski definition) is 5. The van der Waals surface area contributed by atoms with Gasteiger partial charge in [0.2, 0.25) is 0 Å². The van der Waals surface area contributed by atoms with E-state index in [9.17, 15) is 4.79 Å². The molecule has 1 aliphatic rings. The number of rotatable bonds is 6. The molecule has 0 aliphatic carbocycles. The van der Waals surface area contributed by atoms with Gasteiger partial charge in [0.25, 0.3) is 0 Å². The molecule has 0 aromatic carbocycles. The molecule has 7 nitrogen and oxygen atoms in total. The van der Waals surface area contributed by atoms with E-state index in [4.69, 9.17) is 17.0 Å². The Morgan fingerprint density at radius 3 is 2.62 bits per heavy atom. The first-order valence-electron chi connectivity index (χ1n) is 9.41. The third kappa shape index (κ3) is 3.84. The van der Waals surface area contributed by atoms with Gasteiger partial charge in [0.15, 0.2) is 5.11 Å². The maximum atomic E-state index is 12.3. The van der Waals surface area contributed by atoms with Crippen LogP contribution >= 0.6 is 12.2 Å². The fraction of sp³-hybridized carbons (Fsp3) is 0.238. The normalized spacial score (nSPS) is 18.5. The Balaban J connectivity index is 1.77. The molecule has 148 valence electrons. The Labute approximate surface area is 174 Å². The van der Waals surface area contributed by atoms with E-state index in [1.54, 1.807) is 19.3 Å². The van der Waals surface area contributed by atoms with Gasteiger partial charge >= 0.3 is 5.97 Å². The highest BCUT2D eigenvalue weighted by Gasteiger charge is 2.42. The van der Waals surface area contributed by atoms with Crippen LogP contribution in [0.4, 0.5) is 0 Å². The van der Waals surface area contributed by atoms with Gasteiger partial charge < -0.3 is 19.5 Å². The van der Waals surface area contributed by atoms with Crippen molar-refractivity contribution in [2.75, 3.05) is 13.2 Å². The van der Waals surface area contributed by atoms with Crippen molar-refractivity contribution in [1.29, 1.82) is 0 Å². The van der Waals surface area contributed by atoms with Crippen LogP contribution in [0.3, 0.4) is 0 Å². The molecule has 1 N–H and O–H groups in total. The van der Waals surface area contributed by atoms with Crippen molar-refractivity contribution in [2.45, 2.75) is 19.0 Å². The van der Waals surface area contributed by atoms with Crippen molar-refractivity contribution in [1.82, 2.24) is 24.8 Å². The minimum atomic E-state index is -0.320. The molecule has 0 saturated carbocycles. The molecule has 0 unspecified atom stereocenters. The Morgan fingerprint density at radius 2 is 1.93 bits per heavy atom. The summed E-state index contributed by atoms with van der Waals surface area (Å²) in [4.78, 5) is 23.1. The third-order valence-electron chi connectivity index (χ3n) is 4.78. The summed E-state index contributed by atoms with van der Waals surface area (Å²) in [6.07, 6.45) is 5.46. The van der Waals surface area contributed by atoms with E-state index in [-0.39, 0.29) is 24.6 Å². The third-order valence-corrected chi connectivity index (χ3v) is 5.13. The van der Waals surface area contributed by atoms with Gasteiger partial charge in [-0.05, 0) is 55.5 Å². The second-order valence-corrected chi connectivity index (χ2v) is 6.94. The molecule has 3 aromatic rings. The van der Waals surface area contributed by atoms with E-state index < -0.39 is 0 Å². The summed E-state index contributed by atoms with van der Waals surface area (Å²) >= 11 is 5.59. The van der Waals surface area contributed by atoms with E-state index in [0.717, 1.165) is 17.2 Å². The van der Waals surface area contributed by atoms with Crippen LogP contribution in [-0.4, -0.2) is 43.7 Å². The van der Waals surface area contributed by atoms with Crippen molar-refractivity contribution >= 4 is 23.3 Å². The fourth-order valence-corrected chi connectivity index (χ4v) is 3.89. The van der Waals surface area contributed by atoms with Gasteiger partial charge in [-0.15, -0.1) is 0 Å². The van der Waals surface area contributed by atoms with Crippen molar-refractivity contribution in [3.63, 3.8) is 0 Å². The predicted molar refractivity (Wildman–Crippen MR) is 112 cm³/mol. The largest absolute Gasteiger partial charge is 0.465 e. The second kappa shape index (κ2) is 8.40. The SMILES string of the molecule is CCOC(=O)CN1C(=S)N[C@H](c2ccccn2)[C@H]1c1cccn1-c1ccccn1. The molecule has 1 saturated heterocycles. The molecule has 0 amide bonds. The summed E-state index contributed by atoms with van der Waals surface area (Å²) < 4.78 is 7.18. The monoisotopic (exact) mass is 407 g/mol. The molecule has 8 heteroatoms. The van der Waals surface area contributed by atoms with Crippen LogP contribution in [0.15, 0.2) is 67.1 Å². The number of ether oxygens (including phenoxy) is 1. The van der Waals surface area contributed by atoms with E-state index in [1.165, 1.54) is 0 Å². The van der Waals surface area contributed by atoms with Gasteiger partial charge in [0.05, 0.1) is 24.4 Å². The summed E-state index contributed by atoms with van der Waals surface area (Å²) in [5.74, 6) is 0.473. The number of nitrogens with zero attached hydrogens (tertiary/aromatic N) is 4. The zero-order valence-corrected chi connectivity index (χ0v) is 16.7. The van der Waals surface area contributed by atoms with Gasteiger partial charge in [0, 0.05) is 24.3 Å². The molecule has 0 bridgehead atoms. The smallest absolute Gasteiger partial charge is 0.325 e. The van der Waals surface area contributed by atoms with Gasteiger partial charge in [-0.2, -0.15) is 0 Å². The Kier molecular flexibility index (Phi) is 5.53. The quantitative estimate of drug-likeness (QED) is 0.498. The molecule has 4 rings (SSSR count). The molecular formula is C21H21N5O2S. The molecule has 1 aliphatic heterocycles. The molecule has 2 atom stereocenters. The minimum Gasteiger partial charge on any atom is -0.465 e. The van der Waals surface area contributed by atoms with Crippen LogP contribution in [0.5, 0.6) is 0 Å². The maximum Gasteiger partial charge on any atom is 0.325 e. The molecule has 0 radical (unpaired) electrons. The zero-order valence-electron chi connectivity index (χ0n) is 15.9. The number of nitrogens with one attached hydrogen (secondary N) is 1. The predicted octanol–water partition coefficient (Wildman–Crippen LogP) is 2.80. The van der Waals surface area contributed by atoms with E-state index in [1.807, 2.05) is 64.2 Å².